The quantitative estimate of drug-likeness (QED) is 0.808. The van der Waals surface area contributed by atoms with E-state index in [1.807, 2.05) is 12.1 Å². The number of carbonyl (C=O) groups is 1. The summed E-state index contributed by atoms with van der Waals surface area (Å²) in [6, 6.07) is 9.19. The van der Waals surface area contributed by atoms with E-state index in [1.54, 1.807) is 13.2 Å². The molecule has 26 heavy (non-hydrogen) atoms. The highest BCUT2D eigenvalue weighted by atomic mass is 19.4. The van der Waals surface area contributed by atoms with Crippen LogP contribution in [0, 0.1) is 0 Å². The van der Waals surface area contributed by atoms with Crippen LogP contribution in [0.3, 0.4) is 0 Å². The molecule has 2 amide bonds. The van der Waals surface area contributed by atoms with Crippen LogP contribution in [0.25, 0.3) is 0 Å². The summed E-state index contributed by atoms with van der Waals surface area (Å²) >= 11 is 0. The van der Waals surface area contributed by atoms with Crippen LogP contribution in [-0.4, -0.2) is 26.8 Å². The van der Waals surface area contributed by atoms with Crippen LogP contribution in [0.2, 0.25) is 0 Å². The van der Waals surface area contributed by atoms with Gasteiger partial charge < -0.3 is 20.1 Å². The number of amides is 2. The molecule has 2 aromatic carbocycles. The number of alkyl halides is 3. The van der Waals surface area contributed by atoms with Gasteiger partial charge in [0.15, 0.2) is 11.5 Å². The molecule has 0 bridgehead atoms. The molecule has 5 nitrogen and oxygen atoms in total. The summed E-state index contributed by atoms with van der Waals surface area (Å²) in [6.45, 7) is 0.349. The van der Waals surface area contributed by atoms with Crippen molar-refractivity contribution in [3.05, 3.63) is 53.6 Å². The zero-order valence-corrected chi connectivity index (χ0v) is 14.3. The highest BCUT2D eigenvalue weighted by molar-refractivity contribution is 5.89. The number of methoxy groups -OCH3 is 2. The number of hydrogen-bond donors (Lipinski definition) is 2. The third-order valence-electron chi connectivity index (χ3n) is 3.62. The minimum Gasteiger partial charge on any atom is -0.493 e. The van der Waals surface area contributed by atoms with Gasteiger partial charge in [0.25, 0.3) is 0 Å². The number of halogens is 3. The Morgan fingerprint density at radius 1 is 1.00 bits per heavy atom. The first-order valence-corrected chi connectivity index (χ1v) is 7.76. The molecule has 0 aliphatic heterocycles. The molecule has 0 aliphatic carbocycles. The van der Waals surface area contributed by atoms with Crippen molar-refractivity contribution in [3.63, 3.8) is 0 Å². The topological polar surface area (TPSA) is 59.6 Å². The number of ether oxygens (including phenoxy) is 2. The molecule has 8 heteroatoms. The molecular weight excluding hydrogens is 349 g/mol. The summed E-state index contributed by atoms with van der Waals surface area (Å²) in [4.78, 5) is 11.8. The van der Waals surface area contributed by atoms with Gasteiger partial charge >= 0.3 is 12.2 Å². The van der Waals surface area contributed by atoms with Gasteiger partial charge in [-0.15, -0.1) is 0 Å². The first kappa shape index (κ1) is 19.4. The maximum absolute atomic E-state index is 12.5. The van der Waals surface area contributed by atoms with Crippen LogP contribution in [0.5, 0.6) is 11.5 Å². The number of carbonyl (C=O) groups excluding carboxylic acids is 1. The SMILES string of the molecule is COc1ccc(CCNC(=O)Nc2ccc(C(F)(F)F)cc2)cc1OC. The zero-order valence-electron chi connectivity index (χ0n) is 14.3. The van der Waals surface area contributed by atoms with Gasteiger partial charge in [0, 0.05) is 12.2 Å². The fraction of sp³-hybridized carbons (Fsp3) is 0.278. The molecule has 140 valence electrons. The molecule has 0 unspecified atom stereocenters. The molecule has 0 atom stereocenters. The number of anilines is 1. The van der Waals surface area contributed by atoms with E-state index >= 15 is 0 Å². The van der Waals surface area contributed by atoms with Gasteiger partial charge in [0.05, 0.1) is 19.8 Å². The van der Waals surface area contributed by atoms with Crippen LogP contribution in [0.15, 0.2) is 42.5 Å². The summed E-state index contributed by atoms with van der Waals surface area (Å²) in [7, 11) is 3.09. The lowest BCUT2D eigenvalue weighted by atomic mass is 10.1. The average molecular weight is 368 g/mol. The van der Waals surface area contributed by atoms with E-state index in [-0.39, 0.29) is 5.69 Å². The predicted molar refractivity (Wildman–Crippen MR) is 91.7 cm³/mol. The zero-order chi connectivity index (χ0) is 19.2. The maximum atomic E-state index is 12.5. The molecule has 0 saturated heterocycles. The minimum atomic E-state index is -4.40. The summed E-state index contributed by atoms with van der Waals surface area (Å²) in [5.74, 6) is 1.21. The lowest BCUT2D eigenvalue weighted by Crippen LogP contribution is -2.30. The molecule has 0 aromatic heterocycles. The van der Waals surface area contributed by atoms with Crippen molar-refractivity contribution in [1.29, 1.82) is 0 Å². The summed E-state index contributed by atoms with van der Waals surface area (Å²) in [5, 5.41) is 5.13. The minimum absolute atomic E-state index is 0.279. The van der Waals surface area contributed by atoms with Crippen molar-refractivity contribution in [1.82, 2.24) is 5.32 Å². The van der Waals surface area contributed by atoms with E-state index in [9.17, 15) is 18.0 Å². The van der Waals surface area contributed by atoms with Crippen molar-refractivity contribution >= 4 is 11.7 Å². The predicted octanol–water partition coefficient (Wildman–Crippen LogP) is 4.09. The Balaban J connectivity index is 1.84. The van der Waals surface area contributed by atoms with Crippen LogP contribution in [0.4, 0.5) is 23.7 Å². The van der Waals surface area contributed by atoms with Crippen LogP contribution >= 0.6 is 0 Å². The molecule has 0 heterocycles. The van der Waals surface area contributed by atoms with Gasteiger partial charge in [0.2, 0.25) is 0 Å². The molecule has 0 saturated carbocycles. The molecule has 2 rings (SSSR count). The molecule has 0 spiro atoms. The fourth-order valence-electron chi connectivity index (χ4n) is 2.27. The molecule has 2 aromatic rings. The van der Waals surface area contributed by atoms with E-state index in [0.29, 0.717) is 24.5 Å². The number of nitrogens with one attached hydrogen (secondary N) is 2. The smallest absolute Gasteiger partial charge is 0.416 e. The second-order valence-corrected chi connectivity index (χ2v) is 5.40. The van der Waals surface area contributed by atoms with Crippen LogP contribution < -0.4 is 20.1 Å². The third kappa shape index (κ3) is 5.30. The van der Waals surface area contributed by atoms with Gasteiger partial charge in [-0.3, -0.25) is 0 Å². The third-order valence-corrected chi connectivity index (χ3v) is 3.62. The van der Waals surface area contributed by atoms with Gasteiger partial charge in [-0.1, -0.05) is 6.07 Å². The van der Waals surface area contributed by atoms with Gasteiger partial charge in [-0.25, -0.2) is 4.79 Å². The highest BCUT2D eigenvalue weighted by Gasteiger charge is 2.29. The van der Waals surface area contributed by atoms with E-state index in [2.05, 4.69) is 10.6 Å². The highest BCUT2D eigenvalue weighted by Crippen LogP contribution is 2.30. The van der Waals surface area contributed by atoms with E-state index in [4.69, 9.17) is 9.47 Å². The number of urea groups is 1. The average Bonchev–Trinajstić information content (AvgIpc) is 2.61. The van der Waals surface area contributed by atoms with E-state index < -0.39 is 17.8 Å². The Kier molecular flexibility index (Phi) is 6.32. The van der Waals surface area contributed by atoms with Crippen molar-refractivity contribution in [2.75, 3.05) is 26.1 Å². The Morgan fingerprint density at radius 2 is 1.65 bits per heavy atom. The Hall–Kier alpha value is -2.90. The van der Waals surface area contributed by atoms with E-state index in [0.717, 1.165) is 17.7 Å². The van der Waals surface area contributed by atoms with Crippen molar-refractivity contribution < 1.29 is 27.4 Å². The number of rotatable bonds is 6. The molecule has 0 radical (unpaired) electrons. The van der Waals surface area contributed by atoms with E-state index in [1.165, 1.54) is 19.2 Å². The van der Waals surface area contributed by atoms with Gasteiger partial charge in [-0.05, 0) is 48.4 Å². The van der Waals surface area contributed by atoms with Crippen molar-refractivity contribution in [3.8, 4) is 11.5 Å². The number of benzene rings is 2. The second-order valence-electron chi connectivity index (χ2n) is 5.40. The maximum Gasteiger partial charge on any atom is 0.416 e. The fourth-order valence-corrected chi connectivity index (χ4v) is 2.27. The van der Waals surface area contributed by atoms with Crippen LogP contribution in [0.1, 0.15) is 11.1 Å². The van der Waals surface area contributed by atoms with Crippen LogP contribution in [-0.2, 0) is 12.6 Å². The first-order valence-electron chi connectivity index (χ1n) is 7.76. The van der Waals surface area contributed by atoms with Crippen molar-refractivity contribution in [2.24, 2.45) is 0 Å². The Bertz CT molecular complexity index is 746. The summed E-state index contributed by atoms with van der Waals surface area (Å²) in [6.07, 6.45) is -3.85. The molecule has 2 N–H and O–H groups in total. The van der Waals surface area contributed by atoms with Gasteiger partial charge in [-0.2, -0.15) is 13.2 Å². The summed E-state index contributed by atoms with van der Waals surface area (Å²) in [5.41, 5.74) is 0.455. The Labute approximate surface area is 149 Å². The largest absolute Gasteiger partial charge is 0.493 e. The molecular formula is C18H19F3N2O3. The second kappa shape index (κ2) is 8.46. The lowest BCUT2D eigenvalue weighted by molar-refractivity contribution is -0.137. The summed E-state index contributed by atoms with van der Waals surface area (Å²) < 4.78 is 47.9. The first-order chi connectivity index (χ1) is 12.3. The monoisotopic (exact) mass is 368 g/mol. The normalized spacial score (nSPS) is 11.0. The number of hydrogen-bond acceptors (Lipinski definition) is 3. The standard InChI is InChI=1S/C18H19F3N2O3/c1-25-15-8-3-12(11-16(15)26-2)9-10-22-17(24)23-14-6-4-13(5-7-14)18(19,20)21/h3-8,11H,9-10H2,1-2H3,(H2,22,23,24). The van der Waals surface area contributed by atoms with Crippen molar-refractivity contribution in [2.45, 2.75) is 12.6 Å². The van der Waals surface area contributed by atoms with Gasteiger partial charge in [0.1, 0.15) is 0 Å². The Morgan fingerprint density at radius 3 is 2.23 bits per heavy atom. The molecule has 0 fully saturated rings. The lowest BCUT2D eigenvalue weighted by Gasteiger charge is -2.11. The molecule has 0 aliphatic rings.